The van der Waals surface area contributed by atoms with Crippen LogP contribution < -0.4 is 0 Å². The van der Waals surface area contributed by atoms with E-state index in [0.29, 0.717) is 25.2 Å². The topological polar surface area (TPSA) is 99.3 Å². The minimum atomic E-state index is -3.19. The summed E-state index contributed by atoms with van der Waals surface area (Å²) in [6.07, 6.45) is 4.52. The molecule has 0 radical (unpaired) electrons. The highest BCUT2D eigenvalue weighted by Crippen LogP contribution is 2.27. The van der Waals surface area contributed by atoms with E-state index < -0.39 is 10.0 Å². The lowest BCUT2D eigenvalue weighted by atomic mass is 9.95. The van der Waals surface area contributed by atoms with Gasteiger partial charge in [-0.15, -0.1) is 0 Å². The van der Waals surface area contributed by atoms with Crippen LogP contribution in [0.2, 0.25) is 0 Å². The number of amides is 1. The van der Waals surface area contributed by atoms with E-state index in [1.54, 1.807) is 24.2 Å². The average molecular weight is 391 g/mol. The van der Waals surface area contributed by atoms with Crippen LogP contribution in [0.3, 0.4) is 0 Å². The van der Waals surface area contributed by atoms with Crippen LogP contribution in [0.15, 0.2) is 24.4 Å². The van der Waals surface area contributed by atoms with E-state index in [0.717, 1.165) is 29.9 Å². The van der Waals surface area contributed by atoms with Crippen LogP contribution >= 0.6 is 0 Å². The number of hydrogen-bond acceptors (Lipinski definition) is 5. The second kappa shape index (κ2) is 7.77. The van der Waals surface area contributed by atoms with Crippen molar-refractivity contribution >= 4 is 15.9 Å². The van der Waals surface area contributed by atoms with Crippen molar-refractivity contribution < 1.29 is 13.2 Å². The highest BCUT2D eigenvalue weighted by Gasteiger charge is 2.27. The zero-order valence-electron chi connectivity index (χ0n) is 15.8. The summed E-state index contributed by atoms with van der Waals surface area (Å²) in [5.41, 5.74) is 3.08. The van der Waals surface area contributed by atoms with Crippen LogP contribution in [0.4, 0.5) is 0 Å². The summed E-state index contributed by atoms with van der Waals surface area (Å²) in [5, 5.41) is 7.01. The summed E-state index contributed by atoms with van der Waals surface area (Å²) >= 11 is 0. The fourth-order valence-electron chi connectivity index (χ4n) is 3.35. The van der Waals surface area contributed by atoms with Gasteiger partial charge >= 0.3 is 0 Å². The quantitative estimate of drug-likeness (QED) is 0.833. The maximum absolute atomic E-state index is 12.6. The number of carbonyl (C=O) groups is 1. The van der Waals surface area contributed by atoms with E-state index in [1.807, 2.05) is 19.1 Å². The Morgan fingerprint density at radius 1 is 1.41 bits per heavy atom. The Kier molecular flexibility index (Phi) is 5.61. The second-order valence-electron chi connectivity index (χ2n) is 7.14. The van der Waals surface area contributed by atoms with Gasteiger partial charge in [-0.1, -0.05) is 0 Å². The predicted octanol–water partition coefficient (Wildman–Crippen LogP) is 1.52. The number of aryl methyl sites for hydroxylation is 1. The molecule has 1 atom stereocenters. The third kappa shape index (κ3) is 4.72. The first kappa shape index (κ1) is 19.5. The number of nitrogens with one attached hydrogen (secondary N) is 1. The Bertz CT molecular complexity index is 907. The molecule has 1 aliphatic heterocycles. The molecule has 0 saturated carbocycles. The average Bonchev–Trinajstić information content (AvgIpc) is 3.05. The van der Waals surface area contributed by atoms with Crippen LogP contribution in [-0.2, 0) is 16.6 Å². The first-order chi connectivity index (χ1) is 12.7. The first-order valence-corrected chi connectivity index (χ1v) is 10.8. The van der Waals surface area contributed by atoms with Crippen molar-refractivity contribution in [3.63, 3.8) is 0 Å². The van der Waals surface area contributed by atoms with Gasteiger partial charge in [0.1, 0.15) is 0 Å². The van der Waals surface area contributed by atoms with Crippen molar-refractivity contribution in [2.75, 3.05) is 26.4 Å². The van der Waals surface area contributed by atoms with E-state index in [4.69, 9.17) is 0 Å². The molecule has 1 saturated heterocycles. The number of pyridine rings is 1. The lowest BCUT2D eigenvalue weighted by Gasteiger charge is -2.30. The fourth-order valence-corrected chi connectivity index (χ4v) is 4.26. The number of H-pyrrole nitrogens is 1. The molecule has 0 aliphatic carbocycles. The molecule has 9 heteroatoms. The van der Waals surface area contributed by atoms with E-state index >= 15 is 0 Å². The molecule has 8 nitrogen and oxygen atoms in total. The third-order valence-electron chi connectivity index (χ3n) is 4.81. The Morgan fingerprint density at radius 3 is 2.78 bits per heavy atom. The van der Waals surface area contributed by atoms with Gasteiger partial charge in [0.05, 0.1) is 24.1 Å². The van der Waals surface area contributed by atoms with Crippen LogP contribution in [0.25, 0.3) is 0 Å². The summed E-state index contributed by atoms with van der Waals surface area (Å²) in [6, 6.07) is 5.49. The molecule has 0 unspecified atom stereocenters. The smallest absolute Gasteiger partial charge is 0.255 e. The third-order valence-corrected chi connectivity index (χ3v) is 6.08. The van der Waals surface area contributed by atoms with Crippen LogP contribution in [0.1, 0.15) is 46.2 Å². The highest BCUT2D eigenvalue weighted by atomic mass is 32.2. The largest absolute Gasteiger partial charge is 0.336 e. The lowest BCUT2D eigenvalue weighted by Crippen LogP contribution is -2.38. The van der Waals surface area contributed by atoms with Crippen molar-refractivity contribution in [1.29, 1.82) is 0 Å². The molecule has 3 heterocycles. The van der Waals surface area contributed by atoms with E-state index in [1.165, 1.54) is 10.6 Å². The van der Waals surface area contributed by atoms with Gasteiger partial charge in [0.15, 0.2) is 0 Å². The number of rotatable bonds is 5. The van der Waals surface area contributed by atoms with Crippen LogP contribution in [-0.4, -0.2) is 65.1 Å². The molecule has 0 aromatic carbocycles. The Morgan fingerprint density at radius 2 is 2.19 bits per heavy atom. The van der Waals surface area contributed by atoms with E-state index in [9.17, 15) is 13.2 Å². The number of piperidine rings is 1. The molecule has 3 rings (SSSR count). The summed E-state index contributed by atoms with van der Waals surface area (Å²) in [6.45, 7) is 3.33. The first-order valence-electron chi connectivity index (χ1n) is 8.91. The molecular formula is C18H25N5O3S. The van der Waals surface area contributed by atoms with Crippen molar-refractivity contribution in [3.05, 3.63) is 47.0 Å². The summed E-state index contributed by atoms with van der Waals surface area (Å²) in [7, 11) is -1.46. The van der Waals surface area contributed by atoms with Gasteiger partial charge < -0.3 is 4.90 Å². The highest BCUT2D eigenvalue weighted by molar-refractivity contribution is 7.88. The monoisotopic (exact) mass is 391 g/mol. The molecule has 146 valence electrons. The number of hydrogen-bond donors (Lipinski definition) is 1. The normalized spacial score (nSPS) is 18.4. The number of nitrogens with zero attached hydrogens (tertiary/aromatic N) is 4. The van der Waals surface area contributed by atoms with Gasteiger partial charge in [0, 0.05) is 43.6 Å². The van der Waals surface area contributed by atoms with Crippen molar-refractivity contribution in [3.8, 4) is 0 Å². The molecule has 1 amide bonds. The minimum absolute atomic E-state index is 0.0578. The zero-order valence-corrected chi connectivity index (χ0v) is 16.7. The molecular weight excluding hydrogens is 366 g/mol. The standard InChI is InChI=1S/C18H25N5O3S/c1-13-9-16(21-20-13)12-22(2)18(24)14-6-7-17(19-10-14)15-5-4-8-23(11-15)27(3,25)26/h6-7,9-10,15H,4-5,8,11-12H2,1-3H3,(H,20,21)/t15-/m0/s1. The van der Waals surface area contributed by atoms with Crippen LogP contribution in [0.5, 0.6) is 0 Å². The van der Waals surface area contributed by atoms with E-state index in [2.05, 4.69) is 15.2 Å². The number of sulfonamides is 1. The van der Waals surface area contributed by atoms with Gasteiger partial charge in [0.2, 0.25) is 10.0 Å². The second-order valence-corrected chi connectivity index (χ2v) is 9.12. The Labute approximate surface area is 159 Å². The maximum atomic E-state index is 12.6. The summed E-state index contributed by atoms with van der Waals surface area (Å²) in [4.78, 5) is 18.6. The van der Waals surface area contributed by atoms with Crippen molar-refractivity contribution in [2.24, 2.45) is 0 Å². The van der Waals surface area contributed by atoms with Gasteiger partial charge in [-0.25, -0.2) is 12.7 Å². The zero-order chi connectivity index (χ0) is 19.6. The number of carbonyl (C=O) groups excluding carboxylic acids is 1. The van der Waals surface area contributed by atoms with Crippen molar-refractivity contribution in [2.45, 2.75) is 32.2 Å². The molecule has 1 N–H and O–H groups in total. The van der Waals surface area contributed by atoms with Gasteiger partial charge in [-0.2, -0.15) is 5.10 Å². The van der Waals surface area contributed by atoms with Gasteiger partial charge in [-0.05, 0) is 38.0 Å². The SMILES string of the molecule is Cc1cc(CN(C)C(=O)c2ccc([C@H]3CCCN(S(C)(=O)=O)C3)nc2)n[nH]1. The van der Waals surface area contributed by atoms with E-state index in [-0.39, 0.29) is 11.8 Å². The summed E-state index contributed by atoms with van der Waals surface area (Å²) in [5.74, 6) is -0.0708. The molecule has 0 spiro atoms. The van der Waals surface area contributed by atoms with Crippen molar-refractivity contribution in [1.82, 2.24) is 24.4 Å². The molecule has 1 fully saturated rings. The maximum Gasteiger partial charge on any atom is 0.255 e. The molecule has 1 aliphatic rings. The number of aromatic amines is 1. The minimum Gasteiger partial charge on any atom is -0.336 e. The van der Waals surface area contributed by atoms with Gasteiger partial charge in [0.25, 0.3) is 5.91 Å². The Hall–Kier alpha value is -2.26. The molecule has 2 aromatic rings. The molecule has 2 aromatic heterocycles. The predicted molar refractivity (Wildman–Crippen MR) is 102 cm³/mol. The molecule has 27 heavy (non-hydrogen) atoms. The summed E-state index contributed by atoms with van der Waals surface area (Å²) < 4.78 is 25.1. The lowest BCUT2D eigenvalue weighted by molar-refractivity contribution is 0.0783. The number of aromatic nitrogens is 3. The molecule has 0 bridgehead atoms. The van der Waals surface area contributed by atoms with Gasteiger partial charge in [-0.3, -0.25) is 14.9 Å². The van der Waals surface area contributed by atoms with Crippen LogP contribution in [0, 0.1) is 6.92 Å². The Balaban J connectivity index is 1.66. The fraction of sp³-hybridized carbons (Fsp3) is 0.500.